The zero-order valence-electron chi connectivity index (χ0n) is 56.8. The van der Waals surface area contributed by atoms with E-state index in [-0.39, 0.29) is 5.97 Å². The van der Waals surface area contributed by atoms with Crippen LogP contribution in [0.15, 0.2) is 24.4 Å². The summed E-state index contributed by atoms with van der Waals surface area (Å²) in [6, 6.07) is 4.43. The Hall–Kier alpha value is -0.629. The molecule has 0 bridgehead atoms. The van der Waals surface area contributed by atoms with Gasteiger partial charge in [-0.15, -0.1) is 0 Å². The molecule has 1 fully saturated rings. The highest BCUT2D eigenvalue weighted by molar-refractivity contribution is 6.66. The van der Waals surface area contributed by atoms with Crippen molar-refractivity contribution < 1.29 is 94.6 Å². The average Bonchev–Trinajstić information content (AvgIpc) is 4.38. The van der Waals surface area contributed by atoms with E-state index in [0.29, 0.717) is 57.2 Å². The predicted octanol–water partition coefficient (Wildman–Crippen LogP) is 7.95. The van der Waals surface area contributed by atoms with Crippen molar-refractivity contribution in [3.63, 3.8) is 0 Å². The zero-order valence-corrected chi connectivity index (χ0v) is 62.9. The molecule has 0 saturated carbocycles. The molecule has 0 spiro atoms. The maximum Gasteiger partial charge on any atom is 0.528 e. The maximum absolute atomic E-state index is 11.1. The third-order valence-electron chi connectivity index (χ3n) is 12.2. The van der Waals surface area contributed by atoms with E-state index in [1.807, 2.05) is 34.6 Å². The lowest BCUT2D eigenvalue weighted by molar-refractivity contribution is -0.139. The monoisotopic (exact) mass is 1320 g/mol. The Kier molecular flexibility index (Phi) is 75.1. The first-order valence-corrected chi connectivity index (χ1v) is 41.5. The number of methoxy groups -OCH3 is 1. The molecule has 510 valence electrons. The van der Waals surface area contributed by atoms with Gasteiger partial charge in [-0.1, -0.05) is 45.3 Å². The molecule has 0 aliphatic carbocycles. The molecule has 1 aliphatic rings. The first-order valence-electron chi connectivity index (χ1n) is 29.6. The van der Waals surface area contributed by atoms with Crippen LogP contribution in [0, 0.1) is 0 Å². The molecule has 1 atom stereocenters. The van der Waals surface area contributed by atoms with E-state index < -0.39 is 53.1 Å². The largest absolute Gasteiger partial charge is 0.528 e. The second kappa shape index (κ2) is 66.8. The highest BCUT2D eigenvalue weighted by Crippen LogP contribution is 2.20. The lowest BCUT2D eigenvalue weighted by Gasteiger charge is -2.25. The van der Waals surface area contributed by atoms with E-state index in [0.717, 1.165) is 102 Å². The number of unbranched alkanes of at least 4 members (excludes halogenated alkanes) is 6. The van der Waals surface area contributed by atoms with E-state index in [1.54, 1.807) is 105 Å². The van der Waals surface area contributed by atoms with Gasteiger partial charge >= 0.3 is 59.0 Å². The molecule has 1 saturated heterocycles. The number of carbonyl (C=O) groups is 1. The van der Waals surface area contributed by atoms with Gasteiger partial charge in [0.1, 0.15) is 6.10 Å². The fourth-order valence-electron chi connectivity index (χ4n) is 6.74. The third kappa shape index (κ3) is 55.4. The molecule has 0 aromatic rings. The summed E-state index contributed by atoms with van der Waals surface area (Å²) < 4.78 is 105. The molecule has 84 heavy (non-hydrogen) atoms. The van der Waals surface area contributed by atoms with Crippen molar-refractivity contribution >= 4 is 59.0 Å². The standard InChI is InChI=1S/C11H22O5Si.C10H25NO3Si.C9H23NO2Si.C9H20O5Si.C7H19NO2Si.C5H12O3Si.C3H8O/c1-6-16-17(13-4,14-5)9-7-8-15-11(12)10(2)3;1-4-14-15(12-2,13-3)10-8-6-5-7-9-11;1-11-13(3,12-2)9-7-5-4-6-8-10;1-10-15(11-2,12-3)6-4-5-13-7-9-8-14-9;1-3-9-11(10-4-2)7-5-6-8;1-5-9(6-2,7-3)8-4;1-3-4-2/h2,6-9H2,1,3-5H3;4-11H2,1-3H3;4-10H2,1-3H3;9H,4-8H2,1-3H3;11H,3-8H2,1-2H3;5H,1H2,2-4H3;3H2,1-2H3. The Morgan fingerprint density at radius 2 is 0.905 bits per heavy atom. The van der Waals surface area contributed by atoms with Crippen molar-refractivity contribution in [2.24, 2.45) is 17.2 Å². The van der Waals surface area contributed by atoms with E-state index in [4.69, 9.17) is 102 Å². The quantitative estimate of drug-likeness (QED) is 0.0171. The second-order valence-corrected chi connectivity index (χ2v) is 35.8. The van der Waals surface area contributed by atoms with Crippen LogP contribution in [0.5, 0.6) is 0 Å². The van der Waals surface area contributed by atoms with Gasteiger partial charge in [0.05, 0.1) is 19.8 Å². The summed E-state index contributed by atoms with van der Waals surface area (Å²) in [6.07, 6.45) is 12.2. The maximum atomic E-state index is 11.1. The molecular formula is C54H129N3O21Si6. The summed E-state index contributed by atoms with van der Waals surface area (Å²) in [6.45, 7) is 29.0. The zero-order chi connectivity index (χ0) is 65.5. The summed E-state index contributed by atoms with van der Waals surface area (Å²) >= 11 is 0. The van der Waals surface area contributed by atoms with Gasteiger partial charge in [-0.2, -0.15) is 0 Å². The molecule has 1 heterocycles. The highest BCUT2D eigenvalue weighted by Gasteiger charge is 2.39. The lowest BCUT2D eigenvalue weighted by Crippen LogP contribution is -2.44. The van der Waals surface area contributed by atoms with Crippen LogP contribution in [0.1, 0.15) is 112 Å². The molecule has 0 amide bonds. The van der Waals surface area contributed by atoms with Crippen molar-refractivity contribution in [2.75, 3.05) is 172 Å². The van der Waals surface area contributed by atoms with Gasteiger partial charge in [0.25, 0.3) is 0 Å². The van der Waals surface area contributed by atoms with Gasteiger partial charge in [0.2, 0.25) is 0 Å². The van der Waals surface area contributed by atoms with Crippen LogP contribution in [0.4, 0.5) is 0 Å². The minimum absolute atomic E-state index is 0.320. The molecule has 1 rings (SSSR count). The van der Waals surface area contributed by atoms with E-state index in [2.05, 4.69) is 24.4 Å². The summed E-state index contributed by atoms with van der Waals surface area (Å²) in [5, 5.41) is 0. The Morgan fingerprint density at radius 3 is 1.21 bits per heavy atom. The molecular weight excluding hydrogens is 1200 g/mol. The van der Waals surface area contributed by atoms with Gasteiger partial charge < -0.3 is 107 Å². The van der Waals surface area contributed by atoms with Crippen LogP contribution in [-0.4, -0.2) is 237 Å². The summed E-state index contributed by atoms with van der Waals surface area (Å²) in [7, 11) is 8.33. The number of carbonyl (C=O) groups excluding carboxylic acids is 1. The first kappa shape index (κ1) is 94.5. The number of hydrogen-bond donors (Lipinski definition) is 3. The van der Waals surface area contributed by atoms with Crippen LogP contribution in [0.25, 0.3) is 0 Å². The van der Waals surface area contributed by atoms with Gasteiger partial charge in [-0.3, -0.25) is 0 Å². The third-order valence-corrected chi connectivity index (χ3v) is 28.4. The van der Waals surface area contributed by atoms with Crippen molar-refractivity contribution in [3.8, 4) is 0 Å². The molecule has 6 N–H and O–H groups in total. The van der Waals surface area contributed by atoms with Crippen LogP contribution in [0.3, 0.4) is 0 Å². The minimum Gasteiger partial charge on any atom is -0.462 e. The highest BCUT2D eigenvalue weighted by atomic mass is 28.4. The number of rotatable bonds is 48. The summed E-state index contributed by atoms with van der Waals surface area (Å²) in [5.74, 6) is -0.372. The number of nitrogens with two attached hydrogens (primary N) is 3. The fourth-order valence-corrected chi connectivity index (χ4v) is 16.7. The Balaban J connectivity index is -0.000000216. The molecule has 30 heteroatoms. The smallest absolute Gasteiger partial charge is 0.462 e. The normalized spacial score (nSPS) is 13.0. The molecule has 0 aromatic carbocycles. The topological polar surface area (TPSA) is 283 Å². The van der Waals surface area contributed by atoms with Gasteiger partial charge in [0.15, 0.2) is 0 Å². The Bertz CT molecular complexity index is 1360. The van der Waals surface area contributed by atoms with E-state index >= 15 is 0 Å². The number of esters is 1. The predicted molar refractivity (Wildman–Crippen MR) is 348 cm³/mol. The first-order chi connectivity index (χ1) is 40.2. The minimum atomic E-state index is -2.56. The summed E-state index contributed by atoms with van der Waals surface area (Å²) in [4.78, 5) is 11.1. The van der Waals surface area contributed by atoms with Crippen LogP contribution >= 0.6 is 0 Å². The molecule has 0 aromatic heterocycles. The van der Waals surface area contributed by atoms with Crippen molar-refractivity contribution in [1.82, 2.24) is 0 Å². The van der Waals surface area contributed by atoms with Crippen LogP contribution in [0.2, 0.25) is 36.8 Å². The number of epoxide rings is 1. The molecule has 24 nitrogen and oxygen atoms in total. The Labute approximate surface area is 519 Å². The van der Waals surface area contributed by atoms with Gasteiger partial charge in [-0.05, 0) is 124 Å². The van der Waals surface area contributed by atoms with Gasteiger partial charge in [0, 0.05) is 156 Å². The molecule has 1 unspecified atom stereocenters. The van der Waals surface area contributed by atoms with Gasteiger partial charge in [-0.25, -0.2) is 4.79 Å². The van der Waals surface area contributed by atoms with Crippen molar-refractivity contribution in [2.45, 2.75) is 155 Å². The van der Waals surface area contributed by atoms with E-state index in [9.17, 15) is 4.79 Å². The molecule has 0 radical (unpaired) electrons. The van der Waals surface area contributed by atoms with E-state index in [1.165, 1.54) is 32.1 Å². The summed E-state index contributed by atoms with van der Waals surface area (Å²) in [5.41, 5.74) is 18.2. The average molecular weight is 1330 g/mol. The van der Waals surface area contributed by atoms with Crippen LogP contribution < -0.4 is 17.2 Å². The number of ether oxygens (including phenoxy) is 4. The fraction of sp³-hybridized carbons (Fsp3) is 0.907. The number of hydrogen-bond acceptors (Lipinski definition) is 24. The van der Waals surface area contributed by atoms with Crippen molar-refractivity contribution in [3.05, 3.63) is 24.4 Å². The SMILES string of the molecule is C=C(C)C(=O)OCCC[Si](OC)(OC)OCC.C=C[Si](OC)(OC)OC.CCOC.CCO[SiH](CCCN)OCC.CCO[Si](CCCCCCN)(OC)OC.CO[Si](C)(CCCCCCN)OC.CO[Si](CCCOCC1CO1)(OC)OC. The molecule has 1 aliphatic heterocycles. The second-order valence-electron chi connectivity index (χ2n) is 18.2. The lowest BCUT2D eigenvalue weighted by atomic mass is 10.2. The Morgan fingerprint density at radius 1 is 0.524 bits per heavy atom. The van der Waals surface area contributed by atoms with Crippen molar-refractivity contribution in [1.29, 1.82) is 0 Å². The van der Waals surface area contributed by atoms with Crippen LogP contribution in [-0.2, 0) is 94.6 Å².